The topological polar surface area (TPSA) is 105 Å². The Balaban J connectivity index is 0.00000380. The predicted octanol–water partition coefficient (Wildman–Crippen LogP) is 3.04. The van der Waals surface area contributed by atoms with Gasteiger partial charge in [0, 0.05) is 26.6 Å². The quantitative estimate of drug-likeness (QED) is 0.542. The van der Waals surface area contributed by atoms with Crippen LogP contribution in [0.5, 0.6) is 0 Å². The van der Waals surface area contributed by atoms with Gasteiger partial charge < -0.3 is 15.4 Å². The van der Waals surface area contributed by atoms with Crippen molar-refractivity contribution in [2.45, 2.75) is 33.3 Å². The number of hydrazone groups is 1. The number of carbonyl (C=O) groups excluding carboxylic acids is 3. The van der Waals surface area contributed by atoms with Gasteiger partial charge in [-0.05, 0) is 17.5 Å². The molecule has 0 aromatic heterocycles. The lowest BCUT2D eigenvalue weighted by Gasteiger charge is -2.42. The maximum absolute atomic E-state index is 13.9. The monoisotopic (exact) mass is 526 g/mol. The van der Waals surface area contributed by atoms with Crippen molar-refractivity contribution >= 4 is 35.8 Å². The summed E-state index contributed by atoms with van der Waals surface area (Å²) in [7, 11) is 1.66. The fourth-order valence-corrected chi connectivity index (χ4v) is 5.06. The van der Waals surface area contributed by atoms with Gasteiger partial charge in [-0.1, -0.05) is 74.5 Å². The molecule has 0 unspecified atom stereocenters. The summed E-state index contributed by atoms with van der Waals surface area (Å²) < 4.78 is 5.92. The standard InChI is InChI=1S/C28H34N4O4.ClH/c1-27(2,25(29)34)22(18-36-17-21-12-8-5-9-13-21)24(33)32-15-14-23-28(19-32,26(35)31(3)30-23)16-20-10-6-4-7-11-20;/h4-13,22H,14-19H2,1-3H3,(H2,29,34);1H/t22-,28+;/m1./s1. The van der Waals surface area contributed by atoms with Gasteiger partial charge in [-0.3, -0.25) is 14.4 Å². The summed E-state index contributed by atoms with van der Waals surface area (Å²) in [6.45, 7) is 4.33. The molecule has 3 amide bonds. The molecule has 2 atom stereocenters. The van der Waals surface area contributed by atoms with Crippen LogP contribution in [0.25, 0.3) is 0 Å². The molecule has 0 radical (unpaired) electrons. The summed E-state index contributed by atoms with van der Waals surface area (Å²) in [5, 5.41) is 5.91. The molecule has 9 heteroatoms. The van der Waals surface area contributed by atoms with E-state index in [1.165, 1.54) is 5.01 Å². The number of halogens is 1. The lowest BCUT2D eigenvalue weighted by Crippen LogP contribution is -2.58. The largest absolute Gasteiger partial charge is 0.376 e. The number of nitrogens with zero attached hydrogens (tertiary/aromatic N) is 3. The first-order chi connectivity index (χ1) is 17.1. The van der Waals surface area contributed by atoms with Crippen LogP contribution in [0, 0.1) is 16.7 Å². The van der Waals surface area contributed by atoms with E-state index in [9.17, 15) is 14.4 Å². The van der Waals surface area contributed by atoms with E-state index in [1.807, 2.05) is 60.7 Å². The number of hydrogen-bond donors (Lipinski definition) is 1. The molecule has 0 saturated carbocycles. The van der Waals surface area contributed by atoms with Crippen LogP contribution in [-0.2, 0) is 32.1 Å². The molecule has 2 aromatic rings. The van der Waals surface area contributed by atoms with Crippen molar-refractivity contribution in [3.63, 3.8) is 0 Å². The number of hydrogen-bond acceptors (Lipinski definition) is 5. The van der Waals surface area contributed by atoms with Gasteiger partial charge in [-0.25, -0.2) is 5.01 Å². The van der Waals surface area contributed by atoms with Gasteiger partial charge in [0.1, 0.15) is 5.41 Å². The summed E-state index contributed by atoms with van der Waals surface area (Å²) in [6.07, 6.45) is 0.942. The number of nitrogens with two attached hydrogens (primary N) is 1. The van der Waals surface area contributed by atoms with Crippen LogP contribution in [0.15, 0.2) is 65.8 Å². The number of primary amides is 1. The number of piperidine rings is 1. The van der Waals surface area contributed by atoms with Crippen LogP contribution < -0.4 is 5.73 Å². The second-order valence-electron chi connectivity index (χ2n) is 10.3. The Hall–Kier alpha value is -3.23. The summed E-state index contributed by atoms with van der Waals surface area (Å²) in [4.78, 5) is 41.4. The minimum absolute atomic E-state index is 0. The Kier molecular flexibility index (Phi) is 8.76. The van der Waals surface area contributed by atoms with E-state index in [0.29, 0.717) is 26.0 Å². The predicted molar refractivity (Wildman–Crippen MR) is 144 cm³/mol. The minimum atomic E-state index is -1.13. The van der Waals surface area contributed by atoms with E-state index >= 15 is 0 Å². The first-order valence-corrected chi connectivity index (χ1v) is 12.3. The zero-order valence-corrected chi connectivity index (χ0v) is 22.4. The van der Waals surface area contributed by atoms with Crippen molar-refractivity contribution in [2.75, 3.05) is 26.7 Å². The second kappa shape index (κ2) is 11.4. The van der Waals surface area contributed by atoms with Crippen molar-refractivity contribution in [3.05, 3.63) is 71.8 Å². The van der Waals surface area contributed by atoms with E-state index < -0.39 is 22.7 Å². The molecular formula is C28H35ClN4O4. The lowest BCUT2D eigenvalue weighted by atomic mass is 9.72. The van der Waals surface area contributed by atoms with Gasteiger partial charge >= 0.3 is 0 Å². The number of ether oxygens (including phenoxy) is 1. The van der Waals surface area contributed by atoms with Gasteiger partial charge in [-0.15, -0.1) is 12.4 Å². The Labute approximate surface area is 224 Å². The first kappa shape index (κ1) is 28.3. The van der Waals surface area contributed by atoms with E-state index in [0.717, 1.165) is 16.8 Å². The molecule has 0 bridgehead atoms. The molecule has 2 heterocycles. The normalized spacial score (nSPS) is 20.1. The smallest absolute Gasteiger partial charge is 0.256 e. The van der Waals surface area contributed by atoms with Gasteiger partial charge in [0.15, 0.2) is 0 Å². The Morgan fingerprint density at radius 1 is 1.08 bits per heavy atom. The van der Waals surface area contributed by atoms with Gasteiger partial charge in [-0.2, -0.15) is 5.10 Å². The molecule has 0 aliphatic carbocycles. The van der Waals surface area contributed by atoms with Crippen LogP contribution in [0.1, 0.15) is 31.4 Å². The zero-order valence-electron chi connectivity index (χ0n) is 21.6. The summed E-state index contributed by atoms with van der Waals surface area (Å²) >= 11 is 0. The Bertz CT molecular complexity index is 1160. The molecule has 8 nitrogen and oxygen atoms in total. The van der Waals surface area contributed by atoms with Gasteiger partial charge in [0.25, 0.3) is 5.91 Å². The molecule has 2 aromatic carbocycles. The van der Waals surface area contributed by atoms with Crippen molar-refractivity contribution in [2.24, 2.45) is 27.6 Å². The van der Waals surface area contributed by atoms with E-state index in [1.54, 1.807) is 25.8 Å². The first-order valence-electron chi connectivity index (χ1n) is 12.3. The van der Waals surface area contributed by atoms with E-state index in [4.69, 9.17) is 10.5 Å². The van der Waals surface area contributed by atoms with E-state index in [2.05, 4.69) is 5.10 Å². The minimum Gasteiger partial charge on any atom is -0.376 e. The third-order valence-electron chi connectivity index (χ3n) is 7.47. The average molecular weight is 527 g/mol. The zero-order chi connectivity index (χ0) is 25.9. The summed E-state index contributed by atoms with van der Waals surface area (Å²) in [5.74, 6) is -1.72. The summed E-state index contributed by atoms with van der Waals surface area (Å²) in [5.41, 5.74) is 6.45. The molecule has 1 fully saturated rings. The molecule has 198 valence electrons. The molecule has 2 N–H and O–H groups in total. The van der Waals surface area contributed by atoms with Crippen LogP contribution >= 0.6 is 12.4 Å². The number of fused-ring (bicyclic) bond motifs is 1. The highest BCUT2D eigenvalue weighted by atomic mass is 35.5. The van der Waals surface area contributed by atoms with Crippen LogP contribution in [-0.4, -0.2) is 60.1 Å². The molecule has 2 aliphatic heterocycles. The van der Waals surface area contributed by atoms with Crippen molar-refractivity contribution < 1.29 is 19.1 Å². The third-order valence-corrected chi connectivity index (χ3v) is 7.47. The maximum atomic E-state index is 13.9. The van der Waals surface area contributed by atoms with Crippen molar-refractivity contribution in [1.82, 2.24) is 9.91 Å². The number of rotatable bonds is 9. The molecule has 1 saturated heterocycles. The number of carbonyl (C=O) groups is 3. The van der Waals surface area contributed by atoms with Gasteiger partial charge in [0.05, 0.1) is 30.3 Å². The van der Waals surface area contributed by atoms with Crippen LogP contribution in [0.3, 0.4) is 0 Å². The third kappa shape index (κ3) is 5.70. The Morgan fingerprint density at radius 3 is 2.27 bits per heavy atom. The van der Waals surface area contributed by atoms with Crippen LogP contribution in [0.4, 0.5) is 0 Å². The number of benzene rings is 2. The lowest BCUT2D eigenvalue weighted by molar-refractivity contribution is -0.151. The fraction of sp³-hybridized carbons (Fsp3) is 0.429. The highest BCUT2D eigenvalue weighted by Crippen LogP contribution is 2.39. The van der Waals surface area contributed by atoms with Crippen molar-refractivity contribution in [1.29, 1.82) is 0 Å². The SMILES string of the molecule is CN1N=C2CCN(C(=O)[C@@H](COCc3ccccc3)C(C)(C)C(N)=O)C[C@]2(Cc2ccccc2)C1=O.Cl. The number of likely N-dealkylation sites (tertiary alicyclic amines) is 1. The molecular weight excluding hydrogens is 492 g/mol. The highest BCUT2D eigenvalue weighted by Gasteiger charge is 2.54. The van der Waals surface area contributed by atoms with Crippen LogP contribution in [0.2, 0.25) is 0 Å². The molecule has 0 spiro atoms. The van der Waals surface area contributed by atoms with Gasteiger partial charge in [0.2, 0.25) is 11.8 Å². The highest BCUT2D eigenvalue weighted by molar-refractivity contribution is 6.13. The molecule has 2 aliphatic rings. The molecule has 4 rings (SSSR count). The van der Waals surface area contributed by atoms with Crippen molar-refractivity contribution in [3.8, 4) is 0 Å². The number of amides is 3. The Morgan fingerprint density at radius 2 is 1.68 bits per heavy atom. The maximum Gasteiger partial charge on any atom is 0.256 e. The average Bonchev–Trinajstić information content (AvgIpc) is 3.11. The van der Waals surface area contributed by atoms with E-state index in [-0.39, 0.29) is 37.4 Å². The molecule has 37 heavy (non-hydrogen) atoms. The second-order valence-corrected chi connectivity index (χ2v) is 10.3. The fourth-order valence-electron chi connectivity index (χ4n) is 5.06. The summed E-state index contributed by atoms with van der Waals surface area (Å²) in [6, 6.07) is 19.4.